The van der Waals surface area contributed by atoms with Gasteiger partial charge in [-0.15, -0.1) is 15.6 Å². The lowest BCUT2D eigenvalue weighted by Crippen LogP contribution is -2.36. The molecule has 1 N–H and O–H groups in total. The molecule has 2 rings (SSSR count). The highest BCUT2D eigenvalue weighted by Gasteiger charge is 2.35. The van der Waals surface area contributed by atoms with Crippen molar-refractivity contribution in [2.75, 3.05) is 4.31 Å². The van der Waals surface area contributed by atoms with Gasteiger partial charge in [-0.25, -0.2) is 27.0 Å². The average molecular weight is 355 g/mol. The summed E-state index contributed by atoms with van der Waals surface area (Å²) in [5.74, 6) is -3.16. The molecule has 2 aromatic rings. The normalized spacial score (nSPS) is 11.4. The summed E-state index contributed by atoms with van der Waals surface area (Å²) in [7, 11) is -4.84. The van der Waals surface area contributed by atoms with Crippen LogP contribution in [0.5, 0.6) is 0 Å². The molecule has 1 aromatic carbocycles. The maximum absolute atomic E-state index is 13.8. The molecule has 6 nitrogen and oxygen atoms in total. The van der Waals surface area contributed by atoms with E-state index in [2.05, 4.69) is 4.98 Å². The molecule has 0 spiro atoms. The third-order valence-electron chi connectivity index (χ3n) is 2.32. The number of aromatic nitrogens is 1. The van der Waals surface area contributed by atoms with Crippen LogP contribution in [0.1, 0.15) is 0 Å². The predicted octanol–water partition coefficient (Wildman–Crippen LogP) is 2.95. The first-order valence-electron chi connectivity index (χ1n) is 5.06. The Bertz CT molecular complexity index is 796. The minimum Gasteiger partial charge on any atom is -0.464 e. The number of rotatable bonds is 3. The van der Waals surface area contributed by atoms with Gasteiger partial charge in [0.1, 0.15) is 15.7 Å². The van der Waals surface area contributed by atoms with Crippen LogP contribution in [0.4, 0.5) is 19.4 Å². The Morgan fingerprint density at radius 2 is 2.05 bits per heavy atom. The molecule has 0 saturated carbocycles. The molecule has 1 aromatic heterocycles. The van der Waals surface area contributed by atoms with Crippen LogP contribution < -0.4 is 4.31 Å². The smallest absolute Gasteiger partial charge is 0.427 e. The number of amides is 1. The molecule has 0 fully saturated rings. The van der Waals surface area contributed by atoms with Gasteiger partial charge in [0.2, 0.25) is 0 Å². The molecular formula is C10H5ClF2N2O4S2. The van der Waals surface area contributed by atoms with Crippen molar-refractivity contribution in [3.8, 4) is 0 Å². The fourth-order valence-corrected chi connectivity index (χ4v) is 3.56. The van der Waals surface area contributed by atoms with E-state index in [-0.39, 0.29) is 4.31 Å². The summed E-state index contributed by atoms with van der Waals surface area (Å²) in [4.78, 5) is 13.7. The molecule has 0 aliphatic heterocycles. The van der Waals surface area contributed by atoms with E-state index >= 15 is 0 Å². The van der Waals surface area contributed by atoms with Crippen LogP contribution in [0.3, 0.4) is 0 Å². The topological polar surface area (TPSA) is 87.6 Å². The number of thiazole rings is 1. The molecule has 0 bridgehead atoms. The van der Waals surface area contributed by atoms with E-state index in [1.54, 1.807) is 0 Å². The van der Waals surface area contributed by atoms with Crippen molar-refractivity contribution < 1.29 is 27.1 Å². The summed E-state index contributed by atoms with van der Waals surface area (Å²) < 4.78 is 51.3. The summed E-state index contributed by atoms with van der Waals surface area (Å²) in [5, 5.41) is 9.14. The second-order valence-electron chi connectivity index (χ2n) is 3.57. The molecule has 0 aliphatic carbocycles. The molecule has 0 aliphatic rings. The monoisotopic (exact) mass is 354 g/mol. The van der Waals surface area contributed by atoms with Gasteiger partial charge in [-0.3, -0.25) is 0 Å². The molecule has 11 heteroatoms. The van der Waals surface area contributed by atoms with Gasteiger partial charge in [0.05, 0.1) is 5.51 Å². The second-order valence-corrected chi connectivity index (χ2v) is 6.42. The van der Waals surface area contributed by atoms with Gasteiger partial charge < -0.3 is 5.11 Å². The standard InChI is InChI=1S/C10H5ClF2N2O4S2/c11-8-5(12)1-2-6(9(8)13)21(18,19)15(10(16)17)7-3-20-4-14-7/h1-4H,(H,16,17). The maximum atomic E-state index is 13.8. The Hall–Kier alpha value is -1.78. The molecular weight excluding hydrogens is 350 g/mol. The summed E-state index contributed by atoms with van der Waals surface area (Å²) in [5.41, 5.74) is 1.20. The molecule has 1 heterocycles. The number of sulfonamides is 1. The van der Waals surface area contributed by atoms with Crippen molar-refractivity contribution >= 4 is 44.9 Å². The summed E-state index contributed by atoms with van der Waals surface area (Å²) in [6, 6.07) is 1.22. The third-order valence-corrected chi connectivity index (χ3v) is 4.93. The van der Waals surface area contributed by atoms with E-state index in [4.69, 9.17) is 16.7 Å². The molecule has 1 amide bonds. The average Bonchev–Trinajstić information content (AvgIpc) is 2.88. The van der Waals surface area contributed by atoms with Crippen LogP contribution in [0.25, 0.3) is 0 Å². The Labute approximate surface area is 126 Å². The van der Waals surface area contributed by atoms with Crippen molar-refractivity contribution in [2.45, 2.75) is 4.90 Å². The zero-order valence-corrected chi connectivity index (χ0v) is 12.2. The van der Waals surface area contributed by atoms with Crippen LogP contribution in [0.15, 0.2) is 27.9 Å². The van der Waals surface area contributed by atoms with Gasteiger partial charge in [0.15, 0.2) is 11.6 Å². The first-order chi connectivity index (χ1) is 9.76. The number of halogens is 3. The fourth-order valence-electron chi connectivity index (χ4n) is 1.44. The Balaban J connectivity index is 2.66. The maximum Gasteiger partial charge on any atom is 0.427 e. The Morgan fingerprint density at radius 3 is 2.57 bits per heavy atom. The van der Waals surface area contributed by atoms with Gasteiger partial charge in [0, 0.05) is 5.38 Å². The van der Waals surface area contributed by atoms with Crippen molar-refractivity contribution in [3.05, 3.63) is 39.7 Å². The van der Waals surface area contributed by atoms with Crippen LogP contribution in [-0.4, -0.2) is 24.6 Å². The quantitative estimate of drug-likeness (QED) is 0.856. The molecule has 0 unspecified atom stereocenters. The second kappa shape index (κ2) is 5.54. The van der Waals surface area contributed by atoms with Crippen molar-refractivity contribution in [3.63, 3.8) is 0 Å². The summed E-state index contributed by atoms with van der Waals surface area (Å²) in [6.07, 6.45) is -1.89. The largest absolute Gasteiger partial charge is 0.464 e. The number of hydrogen-bond donors (Lipinski definition) is 1. The minimum atomic E-state index is -4.84. The van der Waals surface area contributed by atoms with E-state index in [9.17, 15) is 22.0 Å². The van der Waals surface area contributed by atoms with Gasteiger partial charge in [-0.1, -0.05) is 11.6 Å². The highest BCUT2D eigenvalue weighted by atomic mass is 35.5. The summed E-state index contributed by atoms with van der Waals surface area (Å²) >= 11 is 6.25. The van der Waals surface area contributed by atoms with Gasteiger partial charge >= 0.3 is 6.09 Å². The number of hydrogen-bond acceptors (Lipinski definition) is 5. The van der Waals surface area contributed by atoms with E-state index in [1.807, 2.05) is 0 Å². The lowest BCUT2D eigenvalue weighted by molar-refractivity contribution is 0.206. The SMILES string of the molecule is O=C(O)N(c1cscn1)S(=O)(=O)c1ccc(F)c(Cl)c1F. The number of nitrogens with zero attached hydrogens (tertiary/aromatic N) is 2. The number of carboxylic acid groups (broad SMARTS) is 1. The molecule has 112 valence electrons. The van der Waals surface area contributed by atoms with Gasteiger partial charge in [-0.05, 0) is 12.1 Å². The lowest BCUT2D eigenvalue weighted by atomic mass is 10.3. The highest BCUT2D eigenvalue weighted by molar-refractivity contribution is 7.93. The first-order valence-corrected chi connectivity index (χ1v) is 7.83. The minimum absolute atomic E-state index is 0.115. The molecule has 21 heavy (non-hydrogen) atoms. The zero-order valence-electron chi connectivity index (χ0n) is 9.83. The molecule has 0 atom stereocenters. The van der Waals surface area contributed by atoms with Crippen LogP contribution in [0.2, 0.25) is 5.02 Å². The van der Waals surface area contributed by atoms with Crippen molar-refractivity contribution in [1.29, 1.82) is 0 Å². The van der Waals surface area contributed by atoms with E-state index in [0.29, 0.717) is 12.1 Å². The highest BCUT2D eigenvalue weighted by Crippen LogP contribution is 2.29. The number of benzene rings is 1. The van der Waals surface area contributed by atoms with Crippen molar-refractivity contribution in [1.82, 2.24) is 4.98 Å². The van der Waals surface area contributed by atoms with Gasteiger partial charge in [0.25, 0.3) is 10.0 Å². The number of anilines is 1. The van der Waals surface area contributed by atoms with Gasteiger partial charge in [-0.2, -0.15) is 0 Å². The zero-order chi connectivity index (χ0) is 15.8. The predicted molar refractivity (Wildman–Crippen MR) is 71.2 cm³/mol. The fraction of sp³-hybridized carbons (Fsp3) is 0. The van der Waals surface area contributed by atoms with E-state index < -0.39 is 43.5 Å². The Morgan fingerprint density at radius 1 is 1.38 bits per heavy atom. The number of carbonyl (C=O) groups is 1. The molecule has 0 saturated heterocycles. The third kappa shape index (κ3) is 2.69. The summed E-state index contributed by atoms with van der Waals surface area (Å²) in [6.45, 7) is 0. The Kier molecular flexibility index (Phi) is 4.12. The lowest BCUT2D eigenvalue weighted by Gasteiger charge is -2.17. The van der Waals surface area contributed by atoms with Crippen LogP contribution in [-0.2, 0) is 10.0 Å². The molecule has 0 radical (unpaired) electrons. The van der Waals surface area contributed by atoms with Crippen molar-refractivity contribution in [2.24, 2.45) is 0 Å². The van der Waals surface area contributed by atoms with Crippen LogP contribution in [0, 0.1) is 11.6 Å². The first kappa shape index (κ1) is 15.6. The van der Waals surface area contributed by atoms with Crippen LogP contribution >= 0.6 is 22.9 Å². The van der Waals surface area contributed by atoms with E-state index in [1.165, 1.54) is 5.51 Å². The van der Waals surface area contributed by atoms with E-state index in [0.717, 1.165) is 16.7 Å².